The first-order chi connectivity index (χ1) is 6.07. The van der Waals surface area contributed by atoms with Crippen LogP contribution in [0.15, 0.2) is 12.1 Å². The number of carbonyl (C=O) groups is 1. The van der Waals surface area contributed by atoms with Gasteiger partial charge in [-0.15, -0.1) is 0 Å². The summed E-state index contributed by atoms with van der Waals surface area (Å²) < 4.78 is 17.8. The first-order valence-corrected chi connectivity index (χ1v) is 3.64. The van der Waals surface area contributed by atoms with Gasteiger partial charge in [-0.25, -0.2) is 0 Å². The topological polar surface area (TPSA) is 46.5 Å². The zero-order chi connectivity index (χ0) is 10.0. The molecular formula is C9H9FO3. The molecule has 1 N–H and O–H groups in total. The second-order valence-electron chi connectivity index (χ2n) is 2.54. The summed E-state index contributed by atoms with van der Waals surface area (Å²) in [4.78, 5) is 11.0. The third kappa shape index (κ3) is 1.61. The van der Waals surface area contributed by atoms with Gasteiger partial charge in [-0.1, -0.05) is 0 Å². The van der Waals surface area contributed by atoms with Crippen LogP contribution in [0.4, 0.5) is 4.39 Å². The highest BCUT2D eigenvalue weighted by Crippen LogP contribution is 2.29. The van der Waals surface area contributed by atoms with E-state index in [9.17, 15) is 9.18 Å². The van der Waals surface area contributed by atoms with E-state index >= 15 is 0 Å². The van der Waals surface area contributed by atoms with Crippen LogP contribution in [0.1, 0.15) is 17.3 Å². The van der Waals surface area contributed by atoms with Crippen molar-refractivity contribution in [2.45, 2.75) is 6.92 Å². The fraction of sp³-hybridized carbons (Fsp3) is 0.222. The summed E-state index contributed by atoms with van der Waals surface area (Å²) in [5.74, 6) is -1.96. The molecule has 3 nitrogen and oxygen atoms in total. The van der Waals surface area contributed by atoms with Gasteiger partial charge in [0.25, 0.3) is 0 Å². The second kappa shape index (κ2) is 3.43. The lowest BCUT2D eigenvalue weighted by Gasteiger charge is -2.07. The van der Waals surface area contributed by atoms with E-state index in [0.29, 0.717) is 0 Å². The van der Waals surface area contributed by atoms with Crippen LogP contribution in [-0.4, -0.2) is 18.0 Å². The van der Waals surface area contributed by atoms with Crippen molar-refractivity contribution < 1.29 is 19.0 Å². The molecule has 0 amide bonds. The van der Waals surface area contributed by atoms with Gasteiger partial charge in [0.05, 0.1) is 12.7 Å². The lowest BCUT2D eigenvalue weighted by Crippen LogP contribution is -1.99. The lowest BCUT2D eigenvalue weighted by atomic mass is 10.1. The molecule has 1 aromatic carbocycles. The van der Waals surface area contributed by atoms with E-state index in [0.717, 1.165) is 6.07 Å². The Labute approximate surface area is 74.8 Å². The number of hydrogen-bond acceptors (Lipinski definition) is 3. The molecule has 0 unspecified atom stereocenters. The molecule has 0 radical (unpaired) electrons. The van der Waals surface area contributed by atoms with Gasteiger partial charge in [0.15, 0.2) is 17.3 Å². The molecule has 0 aromatic heterocycles. The Hall–Kier alpha value is -1.58. The molecule has 0 saturated heterocycles. The van der Waals surface area contributed by atoms with E-state index in [4.69, 9.17) is 5.11 Å². The van der Waals surface area contributed by atoms with Crippen LogP contribution in [0, 0.1) is 5.82 Å². The third-order valence-corrected chi connectivity index (χ3v) is 1.66. The number of ketones is 1. The SMILES string of the molecule is COc1c(C(C)=O)ccc(O)c1F. The largest absolute Gasteiger partial charge is 0.505 e. The fourth-order valence-electron chi connectivity index (χ4n) is 1.02. The molecule has 13 heavy (non-hydrogen) atoms. The van der Waals surface area contributed by atoms with Gasteiger partial charge in [0.1, 0.15) is 0 Å². The van der Waals surface area contributed by atoms with Gasteiger partial charge in [0.2, 0.25) is 5.82 Å². The molecule has 0 saturated carbocycles. The van der Waals surface area contributed by atoms with Crippen LogP contribution in [0.2, 0.25) is 0 Å². The van der Waals surface area contributed by atoms with Crippen LogP contribution in [-0.2, 0) is 0 Å². The molecule has 0 aliphatic carbocycles. The van der Waals surface area contributed by atoms with Crippen molar-refractivity contribution in [2.24, 2.45) is 0 Å². The zero-order valence-electron chi connectivity index (χ0n) is 7.30. The molecule has 0 aliphatic heterocycles. The number of rotatable bonds is 2. The van der Waals surface area contributed by atoms with Crippen LogP contribution >= 0.6 is 0 Å². The Morgan fingerprint density at radius 1 is 1.54 bits per heavy atom. The minimum atomic E-state index is -0.907. The third-order valence-electron chi connectivity index (χ3n) is 1.66. The number of benzene rings is 1. The predicted molar refractivity (Wildman–Crippen MR) is 44.6 cm³/mol. The summed E-state index contributed by atoms with van der Waals surface area (Å²) in [7, 11) is 1.24. The summed E-state index contributed by atoms with van der Waals surface area (Å²) >= 11 is 0. The molecular weight excluding hydrogens is 175 g/mol. The highest BCUT2D eigenvalue weighted by Gasteiger charge is 2.15. The smallest absolute Gasteiger partial charge is 0.207 e. The van der Waals surface area contributed by atoms with Crippen molar-refractivity contribution in [1.29, 1.82) is 0 Å². The number of carbonyl (C=O) groups excluding carboxylic acids is 1. The number of phenolic OH excluding ortho intramolecular Hbond substituents is 1. The van der Waals surface area contributed by atoms with E-state index < -0.39 is 11.6 Å². The molecule has 1 rings (SSSR count). The summed E-state index contributed by atoms with van der Waals surface area (Å²) in [6.45, 7) is 1.30. The maximum atomic E-state index is 13.1. The van der Waals surface area contributed by atoms with Gasteiger partial charge in [-0.2, -0.15) is 4.39 Å². The van der Waals surface area contributed by atoms with E-state index in [2.05, 4.69) is 4.74 Å². The van der Waals surface area contributed by atoms with Crippen molar-refractivity contribution >= 4 is 5.78 Å². The molecule has 0 fully saturated rings. The molecule has 0 aliphatic rings. The maximum Gasteiger partial charge on any atom is 0.207 e. The molecule has 70 valence electrons. The van der Waals surface area contributed by atoms with Crippen LogP contribution in [0.3, 0.4) is 0 Å². The highest BCUT2D eigenvalue weighted by molar-refractivity contribution is 5.97. The first-order valence-electron chi connectivity index (χ1n) is 3.64. The van der Waals surface area contributed by atoms with E-state index in [1.54, 1.807) is 0 Å². The van der Waals surface area contributed by atoms with Crippen molar-refractivity contribution in [3.63, 3.8) is 0 Å². The molecule has 0 spiro atoms. The monoisotopic (exact) mass is 184 g/mol. The van der Waals surface area contributed by atoms with Crippen LogP contribution < -0.4 is 4.74 Å². The quantitative estimate of drug-likeness (QED) is 0.712. The Bertz CT molecular complexity index is 347. The van der Waals surface area contributed by atoms with Gasteiger partial charge >= 0.3 is 0 Å². The van der Waals surface area contributed by atoms with E-state index in [1.165, 1.54) is 20.1 Å². The van der Waals surface area contributed by atoms with Crippen molar-refractivity contribution in [1.82, 2.24) is 0 Å². The number of hydrogen-bond donors (Lipinski definition) is 1. The van der Waals surface area contributed by atoms with E-state index in [1.807, 2.05) is 0 Å². The van der Waals surface area contributed by atoms with Crippen LogP contribution in [0.25, 0.3) is 0 Å². The number of aromatic hydroxyl groups is 1. The van der Waals surface area contributed by atoms with Crippen molar-refractivity contribution in [3.05, 3.63) is 23.5 Å². The van der Waals surface area contributed by atoms with Crippen LogP contribution in [0.5, 0.6) is 11.5 Å². The number of phenols is 1. The van der Waals surface area contributed by atoms with Gasteiger partial charge in [-0.3, -0.25) is 4.79 Å². The van der Waals surface area contributed by atoms with Crippen molar-refractivity contribution in [3.8, 4) is 11.5 Å². The van der Waals surface area contributed by atoms with Crippen molar-refractivity contribution in [2.75, 3.05) is 7.11 Å². The van der Waals surface area contributed by atoms with Gasteiger partial charge in [-0.05, 0) is 19.1 Å². The zero-order valence-corrected chi connectivity index (χ0v) is 7.30. The average molecular weight is 184 g/mol. The molecule has 0 heterocycles. The van der Waals surface area contributed by atoms with Gasteiger partial charge < -0.3 is 9.84 Å². The van der Waals surface area contributed by atoms with Gasteiger partial charge in [0, 0.05) is 0 Å². The highest BCUT2D eigenvalue weighted by atomic mass is 19.1. The van der Waals surface area contributed by atoms with E-state index in [-0.39, 0.29) is 17.1 Å². The maximum absolute atomic E-state index is 13.1. The Morgan fingerprint density at radius 3 is 2.62 bits per heavy atom. The first kappa shape index (κ1) is 9.51. The summed E-state index contributed by atoms with van der Waals surface area (Å²) in [6, 6.07) is 2.44. The number of Topliss-reactive ketones (excluding diaryl/α,β-unsaturated/α-hetero) is 1. The fourth-order valence-corrected chi connectivity index (χ4v) is 1.02. The number of ether oxygens (including phenoxy) is 1. The Balaban J connectivity index is 3.38. The molecule has 1 aromatic rings. The summed E-state index contributed by atoms with van der Waals surface area (Å²) in [6.07, 6.45) is 0. The summed E-state index contributed by atoms with van der Waals surface area (Å²) in [5, 5.41) is 8.97. The molecule has 4 heteroatoms. The standard InChI is InChI=1S/C9H9FO3/c1-5(11)6-3-4-7(12)8(10)9(6)13-2/h3-4,12H,1-2H3. The minimum absolute atomic E-state index is 0.123. The average Bonchev–Trinajstić information content (AvgIpc) is 2.09. The lowest BCUT2D eigenvalue weighted by molar-refractivity contribution is 0.101. The molecule has 0 bridgehead atoms. The summed E-state index contributed by atoms with van der Waals surface area (Å²) in [5.41, 5.74) is 0.123. The Morgan fingerprint density at radius 2 is 2.15 bits per heavy atom. The number of halogens is 1. The molecule has 0 atom stereocenters. The normalized spacial score (nSPS) is 9.77. The predicted octanol–water partition coefficient (Wildman–Crippen LogP) is 1.74. The number of methoxy groups -OCH3 is 1. The minimum Gasteiger partial charge on any atom is -0.505 e. The Kier molecular flexibility index (Phi) is 2.51. The second-order valence-corrected chi connectivity index (χ2v) is 2.54.